The molecule has 2 atom stereocenters. The van der Waals surface area contributed by atoms with Gasteiger partial charge in [-0.1, -0.05) is 13.8 Å². The third-order valence-corrected chi connectivity index (χ3v) is 3.52. The molecule has 0 radical (unpaired) electrons. The predicted molar refractivity (Wildman–Crippen MR) is 69.2 cm³/mol. The molecule has 0 aliphatic carbocycles. The first kappa shape index (κ1) is 15.0. The molecule has 0 aromatic heterocycles. The number of aliphatic carboxylic acids is 1. The maximum atomic E-state index is 11.9. The summed E-state index contributed by atoms with van der Waals surface area (Å²) in [6.07, 6.45) is 1.61. The Kier molecular flexibility index (Phi) is 5.59. The topological polar surface area (TPSA) is 69.6 Å². The molecule has 1 aliphatic rings. The van der Waals surface area contributed by atoms with E-state index in [4.69, 9.17) is 5.11 Å². The van der Waals surface area contributed by atoms with Crippen LogP contribution in [0.1, 0.15) is 33.6 Å². The first-order valence-electron chi connectivity index (χ1n) is 6.66. The van der Waals surface area contributed by atoms with Crippen molar-refractivity contribution in [2.75, 3.05) is 19.6 Å². The van der Waals surface area contributed by atoms with Gasteiger partial charge in [0.05, 0.1) is 12.0 Å². The van der Waals surface area contributed by atoms with Crippen molar-refractivity contribution >= 4 is 11.9 Å². The van der Waals surface area contributed by atoms with E-state index in [-0.39, 0.29) is 17.9 Å². The van der Waals surface area contributed by atoms with Crippen LogP contribution in [0, 0.1) is 11.8 Å². The van der Waals surface area contributed by atoms with Gasteiger partial charge < -0.3 is 10.4 Å². The second-order valence-electron chi connectivity index (χ2n) is 5.47. The van der Waals surface area contributed by atoms with Crippen molar-refractivity contribution in [3.05, 3.63) is 0 Å². The Bertz CT molecular complexity index is 305. The largest absolute Gasteiger partial charge is 0.481 e. The Labute approximate surface area is 109 Å². The predicted octanol–water partition coefficient (Wildman–Crippen LogP) is 0.944. The Morgan fingerprint density at radius 3 is 2.56 bits per heavy atom. The summed E-state index contributed by atoms with van der Waals surface area (Å²) in [5.41, 5.74) is 0. The zero-order valence-electron chi connectivity index (χ0n) is 11.5. The zero-order valence-corrected chi connectivity index (χ0v) is 11.5. The van der Waals surface area contributed by atoms with Crippen LogP contribution in [0.4, 0.5) is 0 Å². The van der Waals surface area contributed by atoms with Gasteiger partial charge in [0.1, 0.15) is 0 Å². The fourth-order valence-electron chi connectivity index (χ4n) is 2.14. The quantitative estimate of drug-likeness (QED) is 0.742. The van der Waals surface area contributed by atoms with Crippen LogP contribution in [-0.4, -0.2) is 47.6 Å². The van der Waals surface area contributed by atoms with Crippen LogP contribution < -0.4 is 5.32 Å². The van der Waals surface area contributed by atoms with E-state index in [2.05, 4.69) is 19.2 Å². The minimum Gasteiger partial charge on any atom is -0.481 e. The molecule has 1 aliphatic heterocycles. The lowest BCUT2D eigenvalue weighted by Gasteiger charge is -2.23. The van der Waals surface area contributed by atoms with Crippen LogP contribution in [0.15, 0.2) is 0 Å². The van der Waals surface area contributed by atoms with Crippen molar-refractivity contribution in [1.82, 2.24) is 10.2 Å². The summed E-state index contributed by atoms with van der Waals surface area (Å²) in [6, 6.07) is -0.235. The SMILES string of the molecule is CC(C)CCNC(=O)C(C)N1CCC(C(=O)O)C1. The highest BCUT2D eigenvalue weighted by Crippen LogP contribution is 2.18. The molecule has 2 N–H and O–H groups in total. The third kappa shape index (κ3) is 4.29. The minimum absolute atomic E-state index is 0.00156. The molecule has 2 unspecified atom stereocenters. The van der Waals surface area contributed by atoms with Gasteiger partial charge in [-0.3, -0.25) is 14.5 Å². The van der Waals surface area contributed by atoms with Crippen LogP contribution in [0.5, 0.6) is 0 Å². The molecule has 1 saturated heterocycles. The van der Waals surface area contributed by atoms with E-state index in [1.165, 1.54) is 0 Å². The molecular weight excluding hydrogens is 232 g/mol. The first-order valence-corrected chi connectivity index (χ1v) is 6.66. The fourth-order valence-corrected chi connectivity index (χ4v) is 2.14. The van der Waals surface area contributed by atoms with Crippen LogP contribution in [0.25, 0.3) is 0 Å². The van der Waals surface area contributed by atoms with Gasteiger partial charge in [-0.25, -0.2) is 0 Å². The van der Waals surface area contributed by atoms with E-state index in [1.54, 1.807) is 0 Å². The molecule has 1 fully saturated rings. The standard InChI is InChI=1S/C13H24N2O3/c1-9(2)4-6-14-12(16)10(3)15-7-5-11(8-15)13(17)18/h9-11H,4-8H2,1-3H3,(H,14,16)(H,17,18). The summed E-state index contributed by atoms with van der Waals surface area (Å²) in [4.78, 5) is 24.7. The van der Waals surface area contributed by atoms with Gasteiger partial charge in [0.15, 0.2) is 0 Å². The number of amides is 1. The lowest BCUT2D eigenvalue weighted by molar-refractivity contribution is -0.141. The van der Waals surface area contributed by atoms with E-state index in [9.17, 15) is 9.59 Å². The molecule has 1 amide bonds. The molecule has 0 bridgehead atoms. The Balaban J connectivity index is 2.33. The van der Waals surface area contributed by atoms with Crippen molar-refractivity contribution in [2.45, 2.75) is 39.7 Å². The van der Waals surface area contributed by atoms with Crippen molar-refractivity contribution in [2.24, 2.45) is 11.8 Å². The Morgan fingerprint density at radius 1 is 1.39 bits per heavy atom. The number of hydrogen-bond acceptors (Lipinski definition) is 3. The van der Waals surface area contributed by atoms with E-state index in [1.807, 2.05) is 11.8 Å². The maximum absolute atomic E-state index is 11.9. The smallest absolute Gasteiger partial charge is 0.307 e. The normalized spacial score (nSPS) is 22.1. The molecular formula is C13H24N2O3. The van der Waals surface area contributed by atoms with Gasteiger partial charge in [0.25, 0.3) is 0 Å². The number of carbonyl (C=O) groups is 2. The summed E-state index contributed by atoms with van der Waals surface area (Å²) < 4.78 is 0. The molecule has 18 heavy (non-hydrogen) atoms. The molecule has 5 nitrogen and oxygen atoms in total. The number of hydrogen-bond donors (Lipinski definition) is 2. The molecule has 0 aromatic rings. The number of rotatable bonds is 6. The summed E-state index contributed by atoms with van der Waals surface area (Å²) in [5.74, 6) is -0.508. The van der Waals surface area contributed by atoms with Crippen molar-refractivity contribution in [1.29, 1.82) is 0 Å². The van der Waals surface area contributed by atoms with Crippen LogP contribution in [0.2, 0.25) is 0 Å². The third-order valence-electron chi connectivity index (χ3n) is 3.52. The summed E-state index contributed by atoms with van der Waals surface area (Å²) in [5, 5.41) is 11.8. The highest BCUT2D eigenvalue weighted by atomic mass is 16.4. The van der Waals surface area contributed by atoms with E-state index >= 15 is 0 Å². The highest BCUT2D eigenvalue weighted by Gasteiger charge is 2.32. The van der Waals surface area contributed by atoms with E-state index in [0.29, 0.717) is 32.0 Å². The molecule has 1 heterocycles. The van der Waals surface area contributed by atoms with E-state index in [0.717, 1.165) is 6.42 Å². The summed E-state index contributed by atoms with van der Waals surface area (Å²) >= 11 is 0. The molecule has 0 saturated carbocycles. The second-order valence-corrected chi connectivity index (χ2v) is 5.47. The van der Waals surface area contributed by atoms with Crippen LogP contribution in [-0.2, 0) is 9.59 Å². The average Bonchev–Trinajstić information content (AvgIpc) is 2.76. The van der Waals surface area contributed by atoms with Gasteiger partial charge in [-0.2, -0.15) is 0 Å². The molecule has 1 rings (SSSR count). The highest BCUT2D eigenvalue weighted by molar-refractivity contribution is 5.81. The lowest BCUT2D eigenvalue weighted by atomic mass is 10.1. The van der Waals surface area contributed by atoms with Crippen molar-refractivity contribution < 1.29 is 14.7 Å². The molecule has 104 valence electrons. The van der Waals surface area contributed by atoms with Crippen LogP contribution in [0.3, 0.4) is 0 Å². The fraction of sp³-hybridized carbons (Fsp3) is 0.846. The second kappa shape index (κ2) is 6.73. The average molecular weight is 256 g/mol. The minimum atomic E-state index is -0.759. The maximum Gasteiger partial charge on any atom is 0.307 e. The molecule has 0 aromatic carbocycles. The van der Waals surface area contributed by atoms with Gasteiger partial charge in [0, 0.05) is 13.1 Å². The first-order chi connectivity index (χ1) is 8.41. The number of likely N-dealkylation sites (tertiary alicyclic amines) is 1. The molecule has 5 heteroatoms. The van der Waals surface area contributed by atoms with Crippen LogP contribution >= 0.6 is 0 Å². The van der Waals surface area contributed by atoms with Crippen molar-refractivity contribution in [3.8, 4) is 0 Å². The Morgan fingerprint density at radius 2 is 2.06 bits per heavy atom. The summed E-state index contributed by atoms with van der Waals surface area (Å²) in [6.45, 7) is 7.94. The van der Waals surface area contributed by atoms with E-state index < -0.39 is 5.97 Å². The van der Waals surface area contributed by atoms with Crippen molar-refractivity contribution in [3.63, 3.8) is 0 Å². The number of nitrogens with zero attached hydrogens (tertiary/aromatic N) is 1. The van der Waals surface area contributed by atoms with Gasteiger partial charge in [-0.15, -0.1) is 0 Å². The van der Waals surface area contributed by atoms with Gasteiger partial charge >= 0.3 is 5.97 Å². The number of carboxylic acids is 1. The van der Waals surface area contributed by atoms with Gasteiger partial charge in [0.2, 0.25) is 5.91 Å². The number of carboxylic acid groups (broad SMARTS) is 1. The van der Waals surface area contributed by atoms with Gasteiger partial charge in [-0.05, 0) is 32.2 Å². The monoisotopic (exact) mass is 256 g/mol. The number of carbonyl (C=O) groups excluding carboxylic acids is 1. The summed E-state index contributed by atoms with van der Waals surface area (Å²) in [7, 11) is 0. The lowest BCUT2D eigenvalue weighted by Crippen LogP contribution is -2.44. The number of nitrogens with one attached hydrogen (secondary N) is 1. The molecule has 0 spiro atoms. The Hall–Kier alpha value is -1.10. The zero-order chi connectivity index (χ0) is 13.7.